The van der Waals surface area contributed by atoms with E-state index in [9.17, 15) is 0 Å². The maximum Gasteiger partial charge on any atom is 0.118 e. The first-order chi connectivity index (χ1) is 14.0. The fourth-order valence-electron chi connectivity index (χ4n) is 3.88. The predicted molar refractivity (Wildman–Crippen MR) is 123 cm³/mol. The minimum Gasteiger partial charge on any atom is -0.497 e. The average molecular weight is 409 g/mol. The minimum atomic E-state index is 0.0964. The largest absolute Gasteiger partial charge is 0.497 e. The Morgan fingerprint density at radius 3 is 2.52 bits per heavy atom. The lowest BCUT2D eigenvalue weighted by Crippen LogP contribution is -2.26. The molecule has 1 aliphatic carbocycles. The molecule has 1 aliphatic rings. The Bertz CT molecular complexity index is 970. The molecular formula is C25H32N2OS. The van der Waals surface area contributed by atoms with Crippen LogP contribution in [0.1, 0.15) is 57.8 Å². The standard InChI is InChI=1S/C25H32N2OS/c1-5-25(2,3)24-26-22-15-21(29-17-19-9-11-20(28-4)12-10-19)13-14-23(22)27(24)16-18-7-6-8-18/h9-15,18H,5-8,16-17H2,1-4H3. The van der Waals surface area contributed by atoms with Crippen LogP contribution in [0.25, 0.3) is 11.0 Å². The lowest BCUT2D eigenvalue weighted by atomic mass is 9.84. The van der Waals surface area contributed by atoms with Crippen LogP contribution in [0.2, 0.25) is 0 Å². The number of ether oxygens (including phenoxy) is 1. The molecule has 1 saturated carbocycles. The summed E-state index contributed by atoms with van der Waals surface area (Å²) < 4.78 is 7.77. The van der Waals surface area contributed by atoms with Gasteiger partial charge in [0.25, 0.3) is 0 Å². The molecule has 4 heteroatoms. The van der Waals surface area contributed by atoms with E-state index in [1.54, 1.807) is 7.11 Å². The van der Waals surface area contributed by atoms with Gasteiger partial charge in [-0.25, -0.2) is 4.98 Å². The number of imidazole rings is 1. The fraction of sp³-hybridized carbons (Fsp3) is 0.480. The van der Waals surface area contributed by atoms with Gasteiger partial charge in [0.1, 0.15) is 11.6 Å². The van der Waals surface area contributed by atoms with Crippen LogP contribution < -0.4 is 4.74 Å². The fourth-order valence-corrected chi connectivity index (χ4v) is 4.77. The van der Waals surface area contributed by atoms with Crippen molar-refractivity contribution in [3.63, 3.8) is 0 Å². The first-order valence-corrected chi connectivity index (χ1v) is 11.7. The molecule has 0 spiro atoms. The topological polar surface area (TPSA) is 27.1 Å². The molecule has 0 unspecified atom stereocenters. The van der Waals surface area contributed by atoms with Gasteiger partial charge in [0.15, 0.2) is 0 Å². The molecule has 3 nitrogen and oxygen atoms in total. The van der Waals surface area contributed by atoms with Crippen molar-refractivity contribution in [2.24, 2.45) is 5.92 Å². The summed E-state index contributed by atoms with van der Waals surface area (Å²) in [5.74, 6) is 3.93. The molecule has 154 valence electrons. The molecule has 0 bridgehead atoms. The van der Waals surface area contributed by atoms with Crippen LogP contribution in [0.5, 0.6) is 5.75 Å². The second-order valence-electron chi connectivity index (χ2n) is 8.87. The van der Waals surface area contributed by atoms with E-state index in [-0.39, 0.29) is 5.41 Å². The zero-order chi connectivity index (χ0) is 20.4. The maximum atomic E-state index is 5.25. The molecule has 0 amide bonds. The van der Waals surface area contributed by atoms with E-state index in [1.165, 1.54) is 41.1 Å². The van der Waals surface area contributed by atoms with Gasteiger partial charge in [-0.05, 0) is 61.1 Å². The quantitative estimate of drug-likeness (QED) is 0.382. The smallest absolute Gasteiger partial charge is 0.118 e. The molecule has 0 N–H and O–H groups in total. The van der Waals surface area contributed by atoms with E-state index >= 15 is 0 Å². The van der Waals surface area contributed by atoms with Crippen LogP contribution in [0.15, 0.2) is 47.4 Å². The molecule has 1 aromatic heterocycles. The Balaban J connectivity index is 1.59. The molecule has 0 radical (unpaired) electrons. The van der Waals surface area contributed by atoms with Crippen molar-refractivity contribution < 1.29 is 4.74 Å². The van der Waals surface area contributed by atoms with Gasteiger partial charge >= 0.3 is 0 Å². The van der Waals surface area contributed by atoms with Crippen molar-refractivity contribution in [2.45, 2.75) is 69.1 Å². The Hall–Kier alpha value is -1.94. The number of nitrogens with zero attached hydrogens (tertiary/aromatic N) is 2. The Labute approximate surface area is 178 Å². The SMILES string of the molecule is CCC(C)(C)c1nc2cc(SCc3ccc(OC)cc3)ccc2n1CC1CCC1. The van der Waals surface area contributed by atoms with Gasteiger partial charge in [-0.2, -0.15) is 0 Å². The van der Waals surface area contributed by atoms with Crippen LogP contribution in [0.3, 0.4) is 0 Å². The predicted octanol–water partition coefficient (Wildman–Crippen LogP) is 6.82. The number of aromatic nitrogens is 2. The molecule has 1 heterocycles. The summed E-state index contributed by atoms with van der Waals surface area (Å²) in [5, 5.41) is 0. The third kappa shape index (κ3) is 4.32. The maximum absolute atomic E-state index is 5.25. The molecule has 0 atom stereocenters. The highest BCUT2D eigenvalue weighted by molar-refractivity contribution is 7.98. The number of hydrogen-bond donors (Lipinski definition) is 0. The monoisotopic (exact) mass is 408 g/mol. The van der Waals surface area contributed by atoms with Crippen LogP contribution in [-0.4, -0.2) is 16.7 Å². The van der Waals surface area contributed by atoms with Crippen molar-refractivity contribution in [1.82, 2.24) is 9.55 Å². The van der Waals surface area contributed by atoms with E-state index in [2.05, 4.69) is 55.7 Å². The third-order valence-electron chi connectivity index (χ3n) is 6.44. The van der Waals surface area contributed by atoms with Crippen molar-refractivity contribution in [2.75, 3.05) is 7.11 Å². The van der Waals surface area contributed by atoms with Crippen LogP contribution in [-0.2, 0) is 17.7 Å². The summed E-state index contributed by atoms with van der Waals surface area (Å²) in [6, 6.07) is 15.2. The zero-order valence-electron chi connectivity index (χ0n) is 18.1. The number of fused-ring (bicyclic) bond motifs is 1. The minimum absolute atomic E-state index is 0.0964. The highest BCUT2D eigenvalue weighted by Gasteiger charge is 2.28. The van der Waals surface area contributed by atoms with Gasteiger partial charge < -0.3 is 9.30 Å². The number of methoxy groups -OCH3 is 1. The van der Waals surface area contributed by atoms with E-state index in [0.717, 1.165) is 35.9 Å². The third-order valence-corrected chi connectivity index (χ3v) is 7.50. The number of rotatable bonds is 8. The average Bonchev–Trinajstić information content (AvgIpc) is 3.08. The lowest BCUT2D eigenvalue weighted by molar-refractivity contribution is 0.270. The molecular weight excluding hydrogens is 376 g/mol. The van der Waals surface area contributed by atoms with Crippen molar-refractivity contribution >= 4 is 22.8 Å². The molecule has 2 aromatic carbocycles. The molecule has 29 heavy (non-hydrogen) atoms. The van der Waals surface area contributed by atoms with Gasteiger partial charge in [-0.1, -0.05) is 39.3 Å². The van der Waals surface area contributed by atoms with Crippen LogP contribution in [0.4, 0.5) is 0 Å². The first kappa shape index (κ1) is 20.3. The van der Waals surface area contributed by atoms with Crippen LogP contribution >= 0.6 is 11.8 Å². The van der Waals surface area contributed by atoms with E-state index in [1.807, 2.05) is 23.9 Å². The van der Waals surface area contributed by atoms with E-state index in [0.29, 0.717) is 0 Å². The van der Waals surface area contributed by atoms with Gasteiger partial charge in [0.2, 0.25) is 0 Å². The number of benzene rings is 2. The van der Waals surface area contributed by atoms with Crippen LogP contribution in [0, 0.1) is 5.92 Å². The Morgan fingerprint density at radius 2 is 1.90 bits per heavy atom. The Kier molecular flexibility index (Phi) is 5.91. The highest BCUT2D eigenvalue weighted by Crippen LogP contribution is 2.35. The summed E-state index contributed by atoms with van der Waals surface area (Å²) in [4.78, 5) is 6.42. The van der Waals surface area contributed by atoms with Crippen molar-refractivity contribution in [3.8, 4) is 5.75 Å². The summed E-state index contributed by atoms with van der Waals surface area (Å²) in [6.45, 7) is 8.03. The molecule has 0 aliphatic heterocycles. The molecule has 4 rings (SSSR count). The van der Waals surface area contributed by atoms with E-state index in [4.69, 9.17) is 9.72 Å². The summed E-state index contributed by atoms with van der Waals surface area (Å²) in [7, 11) is 1.71. The van der Waals surface area contributed by atoms with Crippen molar-refractivity contribution in [1.29, 1.82) is 0 Å². The van der Waals surface area contributed by atoms with Gasteiger partial charge in [0, 0.05) is 22.6 Å². The Morgan fingerprint density at radius 1 is 1.14 bits per heavy atom. The second kappa shape index (κ2) is 8.43. The molecule has 3 aromatic rings. The van der Waals surface area contributed by atoms with Crippen molar-refractivity contribution in [3.05, 3.63) is 53.9 Å². The van der Waals surface area contributed by atoms with E-state index < -0.39 is 0 Å². The van der Waals surface area contributed by atoms with Gasteiger partial charge in [-0.15, -0.1) is 11.8 Å². The molecule has 0 saturated heterocycles. The summed E-state index contributed by atoms with van der Waals surface area (Å²) in [6.07, 6.45) is 5.21. The highest BCUT2D eigenvalue weighted by atomic mass is 32.2. The normalized spacial score (nSPS) is 14.9. The summed E-state index contributed by atoms with van der Waals surface area (Å²) >= 11 is 1.87. The first-order valence-electron chi connectivity index (χ1n) is 10.8. The lowest BCUT2D eigenvalue weighted by Gasteiger charge is -2.30. The second-order valence-corrected chi connectivity index (χ2v) is 9.92. The molecule has 1 fully saturated rings. The number of hydrogen-bond acceptors (Lipinski definition) is 3. The summed E-state index contributed by atoms with van der Waals surface area (Å²) in [5.41, 5.74) is 3.83. The number of thioether (sulfide) groups is 1. The van der Waals surface area contributed by atoms with Gasteiger partial charge in [0.05, 0.1) is 18.1 Å². The zero-order valence-corrected chi connectivity index (χ0v) is 18.9. The van der Waals surface area contributed by atoms with Gasteiger partial charge in [-0.3, -0.25) is 0 Å².